The Bertz CT molecular complexity index is 403. The quantitative estimate of drug-likeness (QED) is 0.832. The van der Waals surface area contributed by atoms with Crippen LogP contribution in [0.2, 0.25) is 0 Å². The Kier molecular flexibility index (Phi) is 3.79. The molecule has 0 saturated heterocycles. The summed E-state index contributed by atoms with van der Waals surface area (Å²) < 4.78 is 0. The average Bonchev–Trinajstić information content (AvgIpc) is 2.30. The van der Waals surface area contributed by atoms with Gasteiger partial charge in [0.1, 0.15) is 0 Å². The summed E-state index contributed by atoms with van der Waals surface area (Å²) in [5.41, 5.74) is 13.7. The van der Waals surface area contributed by atoms with E-state index < -0.39 is 0 Å². The summed E-state index contributed by atoms with van der Waals surface area (Å²) in [6, 6.07) is 8.27. The maximum absolute atomic E-state index is 11.1. The topological polar surface area (TPSA) is 69.1 Å². The van der Waals surface area contributed by atoms with Crippen LogP contribution >= 0.6 is 0 Å². The lowest BCUT2D eigenvalue weighted by Crippen LogP contribution is -2.32. The molecule has 4 N–H and O–H groups in total. The number of rotatable bonds is 3. The summed E-state index contributed by atoms with van der Waals surface area (Å²) in [4.78, 5) is 11.1. The first kappa shape index (κ1) is 12.1. The number of benzene rings is 1. The Balaban J connectivity index is 2.26. The zero-order valence-corrected chi connectivity index (χ0v) is 10.1. The van der Waals surface area contributed by atoms with Gasteiger partial charge in [0.2, 0.25) is 5.91 Å². The van der Waals surface area contributed by atoms with Gasteiger partial charge in [0.15, 0.2) is 0 Å². The molecule has 2 rings (SSSR count). The highest BCUT2D eigenvalue weighted by atomic mass is 16.1. The second-order valence-corrected chi connectivity index (χ2v) is 4.90. The van der Waals surface area contributed by atoms with Gasteiger partial charge in [-0.3, -0.25) is 4.79 Å². The van der Waals surface area contributed by atoms with E-state index in [4.69, 9.17) is 11.5 Å². The van der Waals surface area contributed by atoms with Gasteiger partial charge in [-0.25, -0.2) is 0 Å². The van der Waals surface area contributed by atoms with E-state index in [1.807, 2.05) is 18.2 Å². The van der Waals surface area contributed by atoms with E-state index in [1.54, 1.807) is 0 Å². The van der Waals surface area contributed by atoms with Crippen LogP contribution in [-0.2, 0) is 11.2 Å². The van der Waals surface area contributed by atoms with Gasteiger partial charge in [0.05, 0.1) is 6.42 Å². The molecule has 92 valence electrons. The fourth-order valence-electron chi connectivity index (χ4n) is 2.79. The van der Waals surface area contributed by atoms with E-state index in [-0.39, 0.29) is 11.9 Å². The Labute approximate surface area is 102 Å². The minimum atomic E-state index is -0.276. The van der Waals surface area contributed by atoms with Crippen LogP contribution in [-0.4, -0.2) is 11.9 Å². The summed E-state index contributed by atoms with van der Waals surface area (Å²) in [5.74, 6) is 0.112. The summed E-state index contributed by atoms with van der Waals surface area (Å²) in [5, 5.41) is 0. The van der Waals surface area contributed by atoms with E-state index in [0.717, 1.165) is 18.4 Å². The molecule has 1 aliphatic rings. The van der Waals surface area contributed by atoms with E-state index >= 15 is 0 Å². The van der Waals surface area contributed by atoms with Gasteiger partial charge < -0.3 is 11.5 Å². The lowest BCUT2D eigenvalue weighted by molar-refractivity contribution is -0.117. The fourth-order valence-corrected chi connectivity index (χ4v) is 2.79. The highest BCUT2D eigenvalue weighted by molar-refractivity contribution is 5.77. The molecule has 3 heteroatoms. The van der Waals surface area contributed by atoms with Crippen LogP contribution in [0.4, 0.5) is 0 Å². The lowest BCUT2D eigenvalue weighted by Gasteiger charge is -2.30. The highest BCUT2D eigenvalue weighted by Gasteiger charge is 2.25. The third-order valence-electron chi connectivity index (χ3n) is 3.64. The molecule has 3 nitrogen and oxygen atoms in total. The minimum absolute atomic E-state index is 0.220. The van der Waals surface area contributed by atoms with Crippen LogP contribution in [0.25, 0.3) is 0 Å². The molecule has 1 aromatic carbocycles. The van der Waals surface area contributed by atoms with Crippen LogP contribution < -0.4 is 11.5 Å². The van der Waals surface area contributed by atoms with Crippen molar-refractivity contribution in [1.29, 1.82) is 0 Å². The van der Waals surface area contributed by atoms with Crippen molar-refractivity contribution in [2.75, 3.05) is 0 Å². The van der Waals surface area contributed by atoms with Crippen LogP contribution in [0.5, 0.6) is 0 Å². The Morgan fingerprint density at radius 3 is 2.65 bits per heavy atom. The SMILES string of the molecule is NC(=O)Cc1ccccc1C1CCCCC1N. The standard InChI is InChI=1S/C14H20N2O/c15-13-8-4-3-7-12(13)11-6-2-1-5-10(11)9-14(16)17/h1-2,5-6,12-13H,3-4,7-9,15H2,(H2,16,17). The molecule has 0 aromatic heterocycles. The van der Waals surface area contributed by atoms with Crippen LogP contribution in [0, 0.1) is 0 Å². The minimum Gasteiger partial charge on any atom is -0.369 e. The largest absolute Gasteiger partial charge is 0.369 e. The second kappa shape index (κ2) is 5.32. The average molecular weight is 232 g/mol. The molecule has 17 heavy (non-hydrogen) atoms. The molecule has 1 aromatic rings. The summed E-state index contributed by atoms with van der Waals surface area (Å²) in [7, 11) is 0. The van der Waals surface area contributed by atoms with Gasteiger partial charge in [-0.1, -0.05) is 37.1 Å². The van der Waals surface area contributed by atoms with Gasteiger partial charge in [-0.15, -0.1) is 0 Å². The third-order valence-corrected chi connectivity index (χ3v) is 3.64. The normalized spacial score (nSPS) is 24.5. The molecule has 0 aliphatic heterocycles. The van der Waals surface area contributed by atoms with Crippen molar-refractivity contribution in [2.24, 2.45) is 11.5 Å². The number of nitrogens with two attached hydrogens (primary N) is 2. The van der Waals surface area contributed by atoms with Crippen molar-refractivity contribution >= 4 is 5.91 Å². The Hall–Kier alpha value is -1.35. The van der Waals surface area contributed by atoms with Gasteiger partial charge in [-0.05, 0) is 29.9 Å². The first-order valence-corrected chi connectivity index (χ1v) is 6.30. The molecule has 0 radical (unpaired) electrons. The van der Waals surface area contributed by atoms with Crippen LogP contribution in [0.15, 0.2) is 24.3 Å². The molecule has 2 atom stereocenters. The van der Waals surface area contributed by atoms with Gasteiger partial charge in [0.25, 0.3) is 0 Å². The zero-order chi connectivity index (χ0) is 12.3. The third kappa shape index (κ3) is 2.86. The number of carbonyl (C=O) groups excluding carboxylic acids is 1. The fraction of sp³-hybridized carbons (Fsp3) is 0.500. The number of hydrogen-bond donors (Lipinski definition) is 2. The monoisotopic (exact) mass is 232 g/mol. The van der Waals surface area contributed by atoms with Crippen molar-refractivity contribution in [3.8, 4) is 0 Å². The first-order chi connectivity index (χ1) is 8.18. The Morgan fingerprint density at radius 2 is 1.94 bits per heavy atom. The molecular weight excluding hydrogens is 212 g/mol. The highest BCUT2D eigenvalue weighted by Crippen LogP contribution is 2.33. The maximum atomic E-state index is 11.1. The number of amides is 1. The smallest absolute Gasteiger partial charge is 0.221 e. The van der Waals surface area contributed by atoms with Crippen molar-refractivity contribution in [1.82, 2.24) is 0 Å². The number of primary amides is 1. The number of carbonyl (C=O) groups is 1. The molecule has 1 fully saturated rings. The predicted octanol–water partition coefficient (Wildman–Crippen LogP) is 1.70. The number of hydrogen-bond acceptors (Lipinski definition) is 2. The Morgan fingerprint density at radius 1 is 1.24 bits per heavy atom. The zero-order valence-electron chi connectivity index (χ0n) is 10.1. The van der Waals surface area contributed by atoms with Crippen molar-refractivity contribution in [3.05, 3.63) is 35.4 Å². The molecular formula is C14H20N2O. The summed E-state index contributed by atoms with van der Waals surface area (Å²) in [6.07, 6.45) is 4.96. The van der Waals surface area contributed by atoms with Crippen molar-refractivity contribution < 1.29 is 4.79 Å². The molecule has 0 heterocycles. The molecule has 2 unspecified atom stereocenters. The molecule has 1 saturated carbocycles. The van der Waals surface area contributed by atoms with E-state index in [1.165, 1.54) is 18.4 Å². The van der Waals surface area contributed by atoms with E-state index in [2.05, 4.69) is 6.07 Å². The van der Waals surface area contributed by atoms with Crippen LogP contribution in [0.1, 0.15) is 42.7 Å². The maximum Gasteiger partial charge on any atom is 0.221 e. The van der Waals surface area contributed by atoms with Crippen molar-refractivity contribution in [3.63, 3.8) is 0 Å². The van der Waals surface area contributed by atoms with Gasteiger partial charge >= 0.3 is 0 Å². The summed E-state index contributed by atoms with van der Waals surface area (Å²) >= 11 is 0. The molecule has 0 spiro atoms. The van der Waals surface area contributed by atoms with Crippen molar-refractivity contribution in [2.45, 2.75) is 44.1 Å². The predicted molar refractivity (Wildman–Crippen MR) is 68.5 cm³/mol. The molecule has 1 aliphatic carbocycles. The molecule has 0 bridgehead atoms. The van der Waals surface area contributed by atoms with E-state index in [0.29, 0.717) is 12.3 Å². The first-order valence-electron chi connectivity index (χ1n) is 6.30. The summed E-state index contributed by atoms with van der Waals surface area (Å²) in [6.45, 7) is 0. The van der Waals surface area contributed by atoms with Crippen LogP contribution in [0.3, 0.4) is 0 Å². The second-order valence-electron chi connectivity index (χ2n) is 4.90. The van der Waals surface area contributed by atoms with Gasteiger partial charge in [0, 0.05) is 6.04 Å². The van der Waals surface area contributed by atoms with Gasteiger partial charge in [-0.2, -0.15) is 0 Å². The molecule has 1 amide bonds. The lowest BCUT2D eigenvalue weighted by atomic mass is 9.78. The van der Waals surface area contributed by atoms with E-state index in [9.17, 15) is 4.79 Å².